The largest absolute Gasteiger partial charge is 0.361 e. The third kappa shape index (κ3) is 3.86. The van der Waals surface area contributed by atoms with Crippen LogP contribution in [0.1, 0.15) is 51.7 Å². The molecule has 3 aromatic heterocycles. The molecule has 0 aliphatic carbocycles. The average Bonchev–Trinajstić information content (AvgIpc) is 3.45. The molecule has 1 aromatic carbocycles. The zero-order chi connectivity index (χ0) is 22.1. The number of carbonyl (C=O) groups is 1. The molecule has 1 atom stereocenters. The predicted molar refractivity (Wildman–Crippen MR) is 113 cm³/mol. The van der Waals surface area contributed by atoms with Gasteiger partial charge in [-0.15, -0.1) is 0 Å². The van der Waals surface area contributed by atoms with E-state index in [1.165, 1.54) is 0 Å². The van der Waals surface area contributed by atoms with Gasteiger partial charge in [-0.1, -0.05) is 35.4 Å². The normalized spacial score (nSPS) is 12.2. The number of aromatic nitrogens is 5. The molecule has 3 heterocycles. The number of rotatable bonds is 6. The first-order valence-corrected chi connectivity index (χ1v) is 10.0. The molecule has 31 heavy (non-hydrogen) atoms. The average molecular weight is 420 g/mol. The van der Waals surface area contributed by atoms with Crippen LogP contribution in [0.5, 0.6) is 0 Å². The molecule has 1 unspecified atom stereocenters. The summed E-state index contributed by atoms with van der Waals surface area (Å²) in [5, 5.41) is 15.3. The van der Waals surface area contributed by atoms with Gasteiger partial charge in [0.25, 0.3) is 11.8 Å². The molecule has 4 aromatic rings. The van der Waals surface area contributed by atoms with Crippen molar-refractivity contribution < 1.29 is 13.8 Å². The molecule has 0 saturated heterocycles. The van der Waals surface area contributed by atoms with Crippen molar-refractivity contribution >= 4 is 5.91 Å². The Labute approximate surface area is 179 Å². The molecule has 0 bridgehead atoms. The topological polar surface area (TPSA) is 112 Å². The van der Waals surface area contributed by atoms with Crippen LogP contribution in [0.25, 0.3) is 17.1 Å². The van der Waals surface area contributed by atoms with Crippen LogP contribution >= 0.6 is 0 Å². The number of hydrogen-bond acceptors (Lipinski definition) is 7. The third-order valence-corrected chi connectivity index (χ3v) is 5.30. The number of hydrogen-bond donors (Lipinski definition) is 1. The minimum Gasteiger partial charge on any atom is -0.361 e. The number of para-hydroxylation sites is 1. The molecule has 1 N–H and O–H groups in total. The van der Waals surface area contributed by atoms with Gasteiger partial charge in [0.15, 0.2) is 5.82 Å². The lowest BCUT2D eigenvalue weighted by atomic mass is 10.1. The van der Waals surface area contributed by atoms with Crippen molar-refractivity contribution in [2.75, 3.05) is 6.54 Å². The summed E-state index contributed by atoms with van der Waals surface area (Å²) in [5.74, 6) is 1.14. The van der Waals surface area contributed by atoms with E-state index in [1.807, 2.05) is 52.0 Å². The predicted octanol–water partition coefficient (Wildman–Crippen LogP) is 3.68. The fourth-order valence-electron chi connectivity index (χ4n) is 3.43. The smallest absolute Gasteiger partial charge is 0.263 e. The quantitative estimate of drug-likeness (QED) is 0.506. The third-order valence-electron chi connectivity index (χ3n) is 5.30. The molecule has 0 spiro atoms. The molecule has 0 radical (unpaired) electrons. The fourth-order valence-corrected chi connectivity index (χ4v) is 3.43. The van der Waals surface area contributed by atoms with Crippen LogP contribution in [-0.2, 0) is 0 Å². The van der Waals surface area contributed by atoms with Gasteiger partial charge in [-0.05, 0) is 39.3 Å². The first kappa shape index (κ1) is 20.5. The van der Waals surface area contributed by atoms with E-state index in [1.54, 1.807) is 17.8 Å². The first-order chi connectivity index (χ1) is 14.9. The van der Waals surface area contributed by atoms with Gasteiger partial charge in [0.2, 0.25) is 0 Å². The number of nitrogens with one attached hydrogen (secondary N) is 1. The zero-order valence-corrected chi connectivity index (χ0v) is 18.1. The Hall–Kier alpha value is -3.75. The van der Waals surface area contributed by atoms with E-state index >= 15 is 0 Å². The van der Waals surface area contributed by atoms with Gasteiger partial charge in [0, 0.05) is 12.5 Å². The van der Waals surface area contributed by atoms with Gasteiger partial charge in [-0.25, -0.2) is 4.68 Å². The van der Waals surface area contributed by atoms with Crippen molar-refractivity contribution in [3.05, 3.63) is 64.6 Å². The summed E-state index contributed by atoms with van der Waals surface area (Å²) in [6.07, 6.45) is 1.59. The maximum absolute atomic E-state index is 12.8. The van der Waals surface area contributed by atoms with Gasteiger partial charge in [0.05, 0.1) is 28.8 Å². The molecule has 1 amide bonds. The Bertz CT molecular complexity index is 1220. The van der Waals surface area contributed by atoms with Crippen LogP contribution in [0.4, 0.5) is 0 Å². The van der Waals surface area contributed by atoms with Gasteiger partial charge < -0.3 is 14.4 Å². The second-order valence-corrected chi connectivity index (χ2v) is 7.61. The molecule has 9 nitrogen and oxygen atoms in total. The fraction of sp³-hybridized carbons (Fsp3) is 0.318. The lowest BCUT2D eigenvalue weighted by Gasteiger charge is -2.10. The minimum absolute atomic E-state index is 0.145. The van der Waals surface area contributed by atoms with Gasteiger partial charge in [-0.2, -0.15) is 10.1 Å². The number of nitrogens with zero attached hydrogens (tertiary/aromatic N) is 5. The summed E-state index contributed by atoms with van der Waals surface area (Å²) in [6.45, 7) is 9.79. The Kier molecular flexibility index (Phi) is 5.41. The van der Waals surface area contributed by atoms with E-state index in [0.29, 0.717) is 40.8 Å². The van der Waals surface area contributed by atoms with E-state index in [2.05, 4.69) is 25.7 Å². The Morgan fingerprint density at radius 3 is 2.61 bits per heavy atom. The van der Waals surface area contributed by atoms with Crippen molar-refractivity contribution in [1.82, 2.24) is 30.4 Å². The van der Waals surface area contributed by atoms with Crippen LogP contribution in [0, 0.1) is 27.7 Å². The van der Waals surface area contributed by atoms with Crippen molar-refractivity contribution in [2.24, 2.45) is 0 Å². The lowest BCUT2D eigenvalue weighted by molar-refractivity contribution is 0.0950. The molecule has 0 aliphatic rings. The molecular weight excluding hydrogens is 396 g/mol. The Morgan fingerprint density at radius 2 is 1.90 bits per heavy atom. The summed E-state index contributed by atoms with van der Waals surface area (Å²) < 4.78 is 12.3. The standard InChI is InChI=1S/C22H24N6O3/c1-12-8-6-7-9-18(12)28-15(4)17(11-24-28)21(29)23-10-13(2)20-25-22(31-27-20)19-14(3)26-30-16(19)5/h6-9,11,13H,10H2,1-5H3,(H,23,29). The van der Waals surface area contributed by atoms with Crippen molar-refractivity contribution in [3.63, 3.8) is 0 Å². The number of aryl methyl sites for hydroxylation is 3. The molecule has 4 rings (SSSR count). The zero-order valence-electron chi connectivity index (χ0n) is 18.1. The Morgan fingerprint density at radius 1 is 1.13 bits per heavy atom. The van der Waals surface area contributed by atoms with Gasteiger partial charge in [-0.3, -0.25) is 4.79 Å². The monoisotopic (exact) mass is 420 g/mol. The van der Waals surface area contributed by atoms with E-state index < -0.39 is 0 Å². The van der Waals surface area contributed by atoms with Crippen LogP contribution in [0.15, 0.2) is 39.5 Å². The number of benzene rings is 1. The summed E-state index contributed by atoms with van der Waals surface area (Å²) in [7, 11) is 0. The highest BCUT2D eigenvalue weighted by Crippen LogP contribution is 2.26. The minimum atomic E-state index is -0.196. The number of amides is 1. The van der Waals surface area contributed by atoms with E-state index in [-0.39, 0.29) is 11.8 Å². The maximum Gasteiger partial charge on any atom is 0.263 e. The van der Waals surface area contributed by atoms with E-state index in [0.717, 1.165) is 16.9 Å². The molecule has 0 aliphatic heterocycles. The Balaban J connectivity index is 1.45. The van der Waals surface area contributed by atoms with Crippen LogP contribution in [0.2, 0.25) is 0 Å². The molecular formula is C22H24N6O3. The SMILES string of the molecule is Cc1ccccc1-n1ncc(C(=O)NCC(C)c2noc(-c3c(C)noc3C)n2)c1C. The summed E-state index contributed by atoms with van der Waals surface area (Å²) in [4.78, 5) is 17.2. The highest BCUT2D eigenvalue weighted by atomic mass is 16.5. The second-order valence-electron chi connectivity index (χ2n) is 7.61. The summed E-state index contributed by atoms with van der Waals surface area (Å²) >= 11 is 0. The van der Waals surface area contributed by atoms with Crippen LogP contribution < -0.4 is 5.32 Å². The molecule has 0 fully saturated rings. The molecule has 160 valence electrons. The summed E-state index contributed by atoms with van der Waals surface area (Å²) in [6, 6.07) is 7.92. The highest BCUT2D eigenvalue weighted by molar-refractivity contribution is 5.95. The van der Waals surface area contributed by atoms with Crippen molar-refractivity contribution in [2.45, 2.75) is 40.5 Å². The lowest BCUT2D eigenvalue weighted by Crippen LogP contribution is -2.28. The number of carbonyl (C=O) groups excluding carboxylic acids is 1. The van der Waals surface area contributed by atoms with Crippen LogP contribution in [-0.4, -0.2) is 37.5 Å². The molecule has 9 heteroatoms. The van der Waals surface area contributed by atoms with Crippen LogP contribution in [0.3, 0.4) is 0 Å². The van der Waals surface area contributed by atoms with E-state index in [4.69, 9.17) is 9.05 Å². The summed E-state index contributed by atoms with van der Waals surface area (Å²) in [5.41, 5.74) is 4.73. The van der Waals surface area contributed by atoms with Gasteiger partial charge in [0.1, 0.15) is 11.3 Å². The maximum atomic E-state index is 12.8. The first-order valence-electron chi connectivity index (χ1n) is 10.0. The van der Waals surface area contributed by atoms with Gasteiger partial charge >= 0.3 is 0 Å². The second kappa shape index (κ2) is 8.17. The highest BCUT2D eigenvalue weighted by Gasteiger charge is 2.22. The van der Waals surface area contributed by atoms with Crippen molar-refractivity contribution in [3.8, 4) is 17.1 Å². The molecule has 0 saturated carbocycles. The van der Waals surface area contributed by atoms with E-state index in [9.17, 15) is 4.79 Å². The van der Waals surface area contributed by atoms with Crippen molar-refractivity contribution in [1.29, 1.82) is 0 Å².